The Labute approximate surface area is 290 Å². The van der Waals surface area contributed by atoms with E-state index in [0.29, 0.717) is 6.42 Å². The Kier molecular flexibility index (Phi) is 18.8. The van der Waals surface area contributed by atoms with Gasteiger partial charge in [-0.05, 0) is 73.7 Å². The summed E-state index contributed by atoms with van der Waals surface area (Å²) in [7, 11) is -6.31. The summed E-state index contributed by atoms with van der Waals surface area (Å²) in [5.41, 5.74) is 0. The predicted octanol–water partition coefficient (Wildman–Crippen LogP) is 12.4. The van der Waals surface area contributed by atoms with Crippen molar-refractivity contribution in [2.45, 2.75) is 212 Å². The molecule has 4 atom stereocenters. The minimum absolute atomic E-state index is 0.0320. The third-order valence-corrected chi connectivity index (χ3v) is 24.4. The average molecular weight is 699 g/mol. The third-order valence-electron chi connectivity index (χ3n) is 10.8. The van der Waals surface area contributed by atoms with Crippen LogP contribution in [0.5, 0.6) is 0 Å². The molecule has 0 saturated carbocycles. The van der Waals surface area contributed by atoms with Crippen LogP contribution in [-0.4, -0.2) is 55.3 Å². The average Bonchev–Trinajstić information content (AvgIpc) is 2.85. The summed E-state index contributed by atoms with van der Waals surface area (Å²) in [4.78, 5) is 12.5. The Balaban J connectivity index is 6.70. The fourth-order valence-electron chi connectivity index (χ4n) is 4.74. The highest BCUT2D eigenvalue weighted by Gasteiger charge is 2.44. The van der Waals surface area contributed by atoms with Crippen molar-refractivity contribution in [1.29, 1.82) is 0 Å². The highest BCUT2D eigenvalue weighted by Crippen LogP contribution is 2.42. The predicted molar refractivity (Wildman–Crippen MR) is 208 cm³/mol. The van der Waals surface area contributed by atoms with E-state index >= 15 is 0 Å². The summed E-state index contributed by atoms with van der Waals surface area (Å²) in [5.74, 6) is -0.286. The lowest BCUT2D eigenvalue weighted by molar-refractivity contribution is -0.146. The van der Waals surface area contributed by atoms with Crippen LogP contribution in [0.4, 0.5) is 0 Å². The van der Waals surface area contributed by atoms with E-state index in [2.05, 4.69) is 122 Å². The minimum Gasteiger partial charge on any atom is -0.458 e. The van der Waals surface area contributed by atoms with E-state index in [4.69, 9.17) is 18.0 Å². The third kappa shape index (κ3) is 16.3. The van der Waals surface area contributed by atoms with Crippen LogP contribution >= 0.6 is 0 Å². The van der Waals surface area contributed by atoms with Crippen LogP contribution in [0.1, 0.15) is 133 Å². The Morgan fingerprint density at radius 3 is 1.41 bits per heavy atom. The van der Waals surface area contributed by atoms with Crippen molar-refractivity contribution in [2.75, 3.05) is 0 Å². The van der Waals surface area contributed by atoms with E-state index < -0.39 is 31.1 Å². The standard InChI is InChI=1S/C38H78O5Si3/c1-19-22-23-24-25-27-32(41-44(13,14)36(4,5)6)29-34(43-46(17,18)38(10,11)12)30-33(42-45(15,16)37(7,8)9)28-31(21-3)40-35(39)26-20-2/h20-21,31-34H,2-3,19,22-30H2,1,4-18H3/t31-,32+,33-,34+/m0/s1. The van der Waals surface area contributed by atoms with Crippen LogP contribution in [0.25, 0.3) is 0 Å². The molecule has 0 fully saturated rings. The van der Waals surface area contributed by atoms with Crippen molar-refractivity contribution in [2.24, 2.45) is 0 Å². The van der Waals surface area contributed by atoms with Crippen molar-refractivity contribution in [3.05, 3.63) is 25.3 Å². The molecule has 5 nitrogen and oxygen atoms in total. The highest BCUT2D eigenvalue weighted by molar-refractivity contribution is 6.75. The summed E-state index contributed by atoms with van der Waals surface area (Å²) in [6.07, 6.45) is 12.4. The Hall–Kier alpha value is -0.519. The lowest BCUT2D eigenvalue weighted by Crippen LogP contribution is -2.49. The van der Waals surface area contributed by atoms with Crippen LogP contribution in [0.2, 0.25) is 54.4 Å². The molecule has 8 heteroatoms. The summed E-state index contributed by atoms with van der Waals surface area (Å²) >= 11 is 0. The maximum absolute atomic E-state index is 12.5. The van der Waals surface area contributed by atoms with Gasteiger partial charge in [0.25, 0.3) is 0 Å². The van der Waals surface area contributed by atoms with Gasteiger partial charge in [0.1, 0.15) is 6.10 Å². The topological polar surface area (TPSA) is 54.0 Å². The van der Waals surface area contributed by atoms with E-state index in [1.165, 1.54) is 32.1 Å². The summed E-state index contributed by atoms with van der Waals surface area (Å²) in [6, 6.07) is 0. The molecule has 0 aromatic heterocycles. The Morgan fingerprint density at radius 2 is 1.02 bits per heavy atom. The SMILES string of the molecule is C=CCC(=O)O[C@@H](C=C)C[C@@H](C[C@@H](C[C@@H](CCCCCCC)O[Si](C)(C)C(C)(C)C)O[Si](C)(C)C(C)(C)C)O[Si](C)(C)C(C)(C)C. The summed E-state index contributed by atoms with van der Waals surface area (Å²) < 4.78 is 27.5. The minimum atomic E-state index is -2.16. The molecular formula is C38H78O5Si3. The molecule has 0 aliphatic carbocycles. The molecule has 46 heavy (non-hydrogen) atoms. The van der Waals surface area contributed by atoms with E-state index in [9.17, 15) is 4.79 Å². The van der Waals surface area contributed by atoms with Crippen LogP contribution in [-0.2, 0) is 22.8 Å². The second-order valence-electron chi connectivity index (χ2n) is 18.2. The molecular weight excluding hydrogens is 621 g/mol. The summed E-state index contributed by atoms with van der Waals surface area (Å²) in [5, 5.41) is 0.237. The lowest BCUT2D eigenvalue weighted by atomic mass is 9.98. The maximum atomic E-state index is 12.5. The number of ether oxygens (including phenoxy) is 1. The Bertz CT molecular complexity index is 909. The lowest BCUT2D eigenvalue weighted by Gasteiger charge is -2.44. The molecule has 0 radical (unpaired) electrons. The first kappa shape index (κ1) is 45.5. The fraction of sp³-hybridized carbons (Fsp3) is 0.868. The van der Waals surface area contributed by atoms with Crippen molar-refractivity contribution >= 4 is 30.9 Å². The zero-order chi connectivity index (χ0) is 36.2. The van der Waals surface area contributed by atoms with Crippen molar-refractivity contribution in [3.8, 4) is 0 Å². The number of carbonyl (C=O) groups excluding carboxylic acids is 1. The van der Waals surface area contributed by atoms with Crippen molar-refractivity contribution < 1.29 is 22.8 Å². The molecule has 0 spiro atoms. The van der Waals surface area contributed by atoms with Gasteiger partial charge in [0.05, 0.1) is 12.5 Å². The molecule has 0 aliphatic heterocycles. The molecule has 0 rings (SSSR count). The zero-order valence-corrected chi connectivity index (χ0v) is 36.5. The molecule has 272 valence electrons. The largest absolute Gasteiger partial charge is 0.458 e. The van der Waals surface area contributed by atoms with E-state index in [-0.39, 0.29) is 45.8 Å². The van der Waals surface area contributed by atoms with Crippen molar-refractivity contribution in [3.63, 3.8) is 0 Å². The van der Waals surface area contributed by atoms with Gasteiger partial charge in [0, 0.05) is 18.6 Å². The van der Waals surface area contributed by atoms with Gasteiger partial charge in [-0.3, -0.25) is 4.79 Å². The molecule has 0 bridgehead atoms. The van der Waals surface area contributed by atoms with Crippen LogP contribution in [0.3, 0.4) is 0 Å². The molecule has 0 heterocycles. The van der Waals surface area contributed by atoms with Crippen LogP contribution in [0, 0.1) is 0 Å². The normalized spacial score (nSPS) is 16.4. The number of hydrogen-bond donors (Lipinski definition) is 0. The van der Waals surface area contributed by atoms with Gasteiger partial charge >= 0.3 is 5.97 Å². The van der Waals surface area contributed by atoms with Crippen molar-refractivity contribution in [1.82, 2.24) is 0 Å². The molecule has 0 N–H and O–H groups in total. The fourth-order valence-corrected chi connectivity index (χ4v) is 8.90. The zero-order valence-electron chi connectivity index (χ0n) is 33.5. The smallest absolute Gasteiger partial charge is 0.310 e. The number of rotatable bonds is 22. The molecule has 0 unspecified atom stereocenters. The second kappa shape index (κ2) is 19.0. The van der Waals surface area contributed by atoms with Gasteiger partial charge < -0.3 is 18.0 Å². The number of hydrogen-bond acceptors (Lipinski definition) is 5. The van der Waals surface area contributed by atoms with E-state index in [1.807, 2.05) is 0 Å². The summed E-state index contributed by atoms with van der Waals surface area (Å²) in [6.45, 7) is 44.8. The molecule has 0 aromatic carbocycles. The number of unbranched alkanes of at least 4 members (excludes halogenated alkanes) is 4. The maximum Gasteiger partial charge on any atom is 0.310 e. The van der Waals surface area contributed by atoms with E-state index in [1.54, 1.807) is 12.2 Å². The monoisotopic (exact) mass is 699 g/mol. The van der Waals surface area contributed by atoms with Gasteiger partial charge in [0.15, 0.2) is 25.0 Å². The van der Waals surface area contributed by atoms with Crippen LogP contribution in [0.15, 0.2) is 25.3 Å². The molecule has 0 saturated heterocycles. The highest BCUT2D eigenvalue weighted by atomic mass is 28.4. The van der Waals surface area contributed by atoms with Crippen LogP contribution < -0.4 is 0 Å². The number of carbonyl (C=O) groups is 1. The molecule has 0 aromatic rings. The van der Waals surface area contributed by atoms with Gasteiger partial charge in [-0.25, -0.2) is 0 Å². The first-order chi connectivity index (χ1) is 20.7. The quantitative estimate of drug-likeness (QED) is 0.0487. The second-order valence-corrected chi connectivity index (χ2v) is 32.4. The first-order valence-corrected chi connectivity index (χ1v) is 26.9. The van der Waals surface area contributed by atoms with Gasteiger partial charge in [-0.1, -0.05) is 120 Å². The van der Waals surface area contributed by atoms with Gasteiger partial charge in [-0.15, -0.1) is 6.58 Å². The van der Waals surface area contributed by atoms with Gasteiger partial charge in [-0.2, -0.15) is 0 Å². The first-order valence-electron chi connectivity index (χ1n) is 18.2. The van der Waals surface area contributed by atoms with E-state index in [0.717, 1.165) is 19.3 Å². The Morgan fingerprint density at radius 1 is 0.630 bits per heavy atom. The molecule has 0 aliphatic rings. The van der Waals surface area contributed by atoms with Gasteiger partial charge in [0.2, 0.25) is 0 Å². The number of esters is 1. The molecule has 0 amide bonds.